The van der Waals surface area contributed by atoms with Gasteiger partial charge in [-0.05, 0) is 30.9 Å². The van der Waals surface area contributed by atoms with E-state index >= 15 is 0 Å². The third-order valence-corrected chi connectivity index (χ3v) is 2.32. The molecule has 0 aliphatic heterocycles. The molecule has 0 N–H and O–H groups in total. The Morgan fingerprint density at radius 1 is 1.47 bits per heavy atom. The molecule has 0 amide bonds. The maximum Gasteiger partial charge on any atom is 0.346 e. The van der Waals surface area contributed by atoms with Crippen LogP contribution < -0.4 is 5.63 Å². The number of rotatable bonds is 4. The molecular formula is C12H16O3. The third-order valence-electron chi connectivity index (χ3n) is 2.32. The van der Waals surface area contributed by atoms with Crippen LogP contribution in [0.5, 0.6) is 0 Å². The number of hydrogen-bond acceptors (Lipinski definition) is 3. The van der Waals surface area contributed by atoms with Gasteiger partial charge in [0.15, 0.2) is 5.78 Å². The molecule has 3 nitrogen and oxygen atoms in total. The van der Waals surface area contributed by atoms with E-state index in [0.717, 1.165) is 6.42 Å². The van der Waals surface area contributed by atoms with Crippen LogP contribution in [0, 0.1) is 12.8 Å². The van der Waals surface area contributed by atoms with Crippen molar-refractivity contribution in [1.29, 1.82) is 0 Å². The summed E-state index contributed by atoms with van der Waals surface area (Å²) in [5.41, 5.74) is 0.377. The van der Waals surface area contributed by atoms with Crippen LogP contribution in [0.4, 0.5) is 0 Å². The summed E-state index contributed by atoms with van der Waals surface area (Å²) in [5, 5.41) is 0. The molecule has 0 saturated carbocycles. The molecule has 0 unspecified atom stereocenters. The Labute approximate surface area is 89.1 Å². The van der Waals surface area contributed by atoms with Crippen molar-refractivity contribution in [2.75, 3.05) is 0 Å². The molecule has 0 aliphatic carbocycles. The Hall–Kier alpha value is -1.38. The van der Waals surface area contributed by atoms with E-state index in [9.17, 15) is 9.59 Å². The average Bonchev–Trinajstić information content (AvgIpc) is 2.14. The van der Waals surface area contributed by atoms with E-state index in [2.05, 4.69) is 0 Å². The number of hydrogen-bond donors (Lipinski definition) is 0. The topological polar surface area (TPSA) is 47.3 Å². The monoisotopic (exact) mass is 208 g/mol. The largest absolute Gasteiger partial charge is 0.431 e. The maximum atomic E-state index is 11.7. The zero-order chi connectivity index (χ0) is 11.4. The second kappa shape index (κ2) is 4.91. The number of carbonyl (C=O) groups excluding carboxylic acids is 1. The van der Waals surface area contributed by atoms with E-state index < -0.39 is 5.63 Å². The third kappa shape index (κ3) is 3.05. The van der Waals surface area contributed by atoms with Gasteiger partial charge in [0.25, 0.3) is 0 Å². The molecule has 0 radical (unpaired) electrons. The van der Waals surface area contributed by atoms with Crippen molar-refractivity contribution in [3.63, 3.8) is 0 Å². The Bertz CT molecular complexity index is 402. The summed E-state index contributed by atoms with van der Waals surface area (Å²) in [4.78, 5) is 23.1. The van der Waals surface area contributed by atoms with Crippen molar-refractivity contribution >= 4 is 5.78 Å². The summed E-state index contributed by atoms with van der Waals surface area (Å²) in [6.45, 7) is 5.85. The molecule has 0 saturated heterocycles. The Morgan fingerprint density at radius 3 is 2.67 bits per heavy atom. The highest BCUT2D eigenvalue weighted by Gasteiger charge is 2.14. The van der Waals surface area contributed by atoms with E-state index in [1.807, 2.05) is 13.8 Å². The minimum absolute atomic E-state index is 0.115. The van der Waals surface area contributed by atoms with Crippen molar-refractivity contribution in [1.82, 2.24) is 0 Å². The number of carbonyl (C=O) groups is 1. The molecule has 0 aliphatic rings. The lowest BCUT2D eigenvalue weighted by molar-refractivity contribution is 0.0970. The molecule has 0 fully saturated rings. The summed E-state index contributed by atoms with van der Waals surface area (Å²) >= 11 is 0. The van der Waals surface area contributed by atoms with Crippen molar-refractivity contribution in [3.05, 3.63) is 33.9 Å². The van der Waals surface area contributed by atoms with Gasteiger partial charge in [0.1, 0.15) is 5.56 Å². The van der Waals surface area contributed by atoms with E-state index in [1.165, 1.54) is 6.26 Å². The molecule has 3 heteroatoms. The Kier molecular flexibility index (Phi) is 3.83. The van der Waals surface area contributed by atoms with Gasteiger partial charge in [-0.2, -0.15) is 0 Å². The van der Waals surface area contributed by atoms with E-state index in [0.29, 0.717) is 17.9 Å². The van der Waals surface area contributed by atoms with Crippen LogP contribution in [0.1, 0.15) is 42.6 Å². The number of aryl methyl sites for hydroxylation is 1. The lowest BCUT2D eigenvalue weighted by Gasteiger charge is -2.04. The fraction of sp³-hybridized carbons (Fsp3) is 0.500. The predicted molar refractivity (Wildman–Crippen MR) is 58.1 cm³/mol. The molecule has 0 atom stereocenters. The van der Waals surface area contributed by atoms with Crippen molar-refractivity contribution < 1.29 is 9.21 Å². The normalized spacial score (nSPS) is 10.7. The second-order valence-electron chi connectivity index (χ2n) is 4.12. The van der Waals surface area contributed by atoms with Crippen LogP contribution >= 0.6 is 0 Å². The van der Waals surface area contributed by atoms with Crippen LogP contribution in [0.2, 0.25) is 0 Å². The fourth-order valence-electron chi connectivity index (χ4n) is 1.38. The highest BCUT2D eigenvalue weighted by Crippen LogP contribution is 2.10. The molecule has 0 spiro atoms. The zero-order valence-corrected chi connectivity index (χ0v) is 9.37. The van der Waals surface area contributed by atoms with Gasteiger partial charge in [-0.1, -0.05) is 13.8 Å². The molecule has 15 heavy (non-hydrogen) atoms. The minimum atomic E-state index is -0.524. The highest BCUT2D eigenvalue weighted by molar-refractivity contribution is 5.96. The molecule has 1 rings (SSSR count). The lowest BCUT2D eigenvalue weighted by Crippen LogP contribution is -2.16. The van der Waals surface area contributed by atoms with Crippen molar-refractivity contribution in [2.24, 2.45) is 5.92 Å². The summed E-state index contributed by atoms with van der Waals surface area (Å²) in [6.07, 6.45) is 2.52. The Morgan fingerprint density at radius 2 is 2.13 bits per heavy atom. The summed E-state index contributed by atoms with van der Waals surface area (Å²) in [7, 11) is 0. The maximum absolute atomic E-state index is 11.7. The van der Waals surface area contributed by atoms with Crippen LogP contribution in [0.15, 0.2) is 21.5 Å². The van der Waals surface area contributed by atoms with Gasteiger partial charge in [0.2, 0.25) is 0 Å². The second-order valence-corrected chi connectivity index (χ2v) is 4.12. The first-order valence-electron chi connectivity index (χ1n) is 5.14. The molecule has 1 heterocycles. The first kappa shape index (κ1) is 11.7. The summed E-state index contributed by atoms with van der Waals surface area (Å²) < 4.78 is 4.69. The smallest absolute Gasteiger partial charge is 0.346 e. The van der Waals surface area contributed by atoms with Gasteiger partial charge in [0, 0.05) is 6.42 Å². The molecular weight excluding hydrogens is 192 g/mol. The fourth-order valence-corrected chi connectivity index (χ4v) is 1.38. The van der Waals surface area contributed by atoms with Crippen molar-refractivity contribution in [3.8, 4) is 0 Å². The van der Waals surface area contributed by atoms with Gasteiger partial charge in [0.05, 0.1) is 6.26 Å². The molecule has 0 aromatic carbocycles. The van der Waals surface area contributed by atoms with Gasteiger partial charge < -0.3 is 4.42 Å². The van der Waals surface area contributed by atoms with Gasteiger partial charge in [-0.15, -0.1) is 0 Å². The SMILES string of the molecule is Cc1ccoc(=O)c1C(=O)CCC(C)C. The minimum Gasteiger partial charge on any atom is -0.431 e. The number of ketones is 1. The quantitative estimate of drug-likeness (QED) is 0.714. The standard InChI is InChI=1S/C12H16O3/c1-8(2)4-5-10(13)11-9(3)6-7-15-12(11)14/h6-8H,4-5H2,1-3H3. The average molecular weight is 208 g/mol. The van der Waals surface area contributed by atoms with Crippen molar-refractivity contribution in [2.45, 2.75) is 33.6 Å². The van der Waals surface area contributed by atoms with E-state index in [4.69, 9.17) is 4.42 Å². The van der Waals surface area contributed by atoms with Crippen LogP contribution in [-0.2, 0) is 0 Å². The lowest BCUT2D eigenvalue weighted by atomic mass is 10.00. The molecule has 0 bridgehead atoms. The van der Waals surface area contributed by atoms with E-state index in [1.54, 1.807) is 13.0 Å². The first-order valence-corrected chi connectivity index (χ1v) is 5.14. The van der Waals surface area contributed by atoms with Crippen LogP contribution in [0.3, 0.4) is 0 Å². The number of Topliss-reactive ketones (excluding diaryl/α,β-unsaturated/α-hetero) is 1. The predicted octanol–water partition coefficient (Wildman–Crippen LogP) is 2.57. The highest BCUT2D eigenvalue weighted by atomic mass is 16.4. The molecule has 1 aromatic rings. The van der Waals surface area contributed by atoms with Crippen LogP contribution in [0.25, 0.3) is 0 Å². The van der Waals surface area contributed by atoms with Gasteiger partial charge in [-0.3, -0.25) is 4.79 Å². The zero-order valence-electron chi connectivity index (χ0n) is 9.37. The summed E-state index contributed by atoms with van der Waals surface area (Å²) in [5.74, 6) is 0.348. The first-order chi connectivity index (χ1) is 7.02. The summed E-state index contributed by atoms with van der Waals surface area (Å²) in [6, 6.07) is 1.64. The Balaban J connectivity index is 2.87. The van der Waals surface area contributed by atoms with Crippen LogP contribution in [-0.4, -0.2) is 5.78 Å². The van der Waals surface area contributed by atoms with Gasteiger partial charge >= 0.3 is 5.63 Å². The molecule has 82 valence electrons. The molecule has 1 aromatic heterocycles. The van der Waals surface area contributed by atoms with E-state index in [-0.39, 0.29) is 11.3 Å². The van der Waals surface area contributed by atoms with Gasteiger partial charge in [-0.25, -0.2) is 4.79 Å².